The zero-order valence-corrected chi connectivity index (χ0v) is 17.1. The first-order chi connectivity index (χ1) is 13.4. The Balaban J connectivity index is 1.56. The lowest BCUT2D eigenvalue weighted by Crippen LogP contribution is -2.43. The zero-order valence-electron chi connectivity index (χ0n) is 17.1. The van der Waals surface area contributed by atoms with Crippen LogP contribution in [0.3, 0.4) is 0 Å². The molecule has 1 amide bonds. The van der Waals surface area contributed by atoms with Crippen LogP contribution < -0.4 is 9.47 Å². The summed E-state index contributed by atoms with van der Waals surface area (Å²) in [6.45, 7) is 7.60. The molecule has 1 unspecified atom stereocenters. The average Bonchev–Trinajstić information content (AvgIpc) is 2.66. The molecule has 0 saturated carbocycles. The number of carbonyl (C=O) groups excluding carboxylic acids is 1. The van der Waals surface area contributed by atoms with E-state index >= 15 is 0 Å². The summed E-state index contributed by atoms with van der Waals surface area (Å²) in [5, 5.41) is 0. The van der Waals surface area contributed by atoms with Crippen molar-refractivity contribution in [1.29, 1.82) is 0 Å². The van der Waals surface area contributed by atoms with Crippen molar-refractivity contribution in [2.75, 3.05) is 26.8 Å². The highest BCUT2D eigenvalue weighted by molar-refractivity contribution is 5.75. The third kappa shape index (κ3) is 5.24. The van der Waals surface area contributed by atoms with Crippen molar-refractivity contribution in [2.24, 2.45) is 5.92 Å². The highest BCUT2D eigenvalue weighted by Crippen LogP contribution is 2.27. The molecule has 3 rings (SSSR count). The molecule has 28 heavy (non-hydrogen) atoms. The number of nitrogens with zero attached hydrogens (tertiary/aromatic N) is 3. The molecule has 1 fully saturated rings. The third-order valence-electron chi connectivity index (χ3n) is 4.64. The Kier molecular flexibility index (Phi) is 6.21. The maximum Gasteiger partial charge on any atom is 0.410 e. The summed E-state index contributed by atoms with van der Waals surface area (Å²) < 4.78 is 16.7. The minimum absolute atomic E-state index is 0.236. The molecule has 7 nitrogen and oxygen atoms in total. The molecule has 0 radical (unpaired) electrons. The van der Waals surface area contributed by atoms with Crippen LogP contribution in [0, 0.1) is 5.92 Å². The van der Waals surface area contributed by atoms with Gasteiger partial charge in [-0.2, -0.15) is 0 Å². The van der Waals surface area contributed by atoms with Gasteiger partial charge in [0, 0.05) is 13.1 Å². The van der Waals surface area contributed by atoms with Gasteiger partial charge in [-0.15, -0.1) is 0 Å². The maximum absolute atomic E-state index is 12.3. The van der Waals surface area contributed by atoms with E-state index in [1.54, 1.807) is 12.0 Å². The van der Waals surface area contributed by atoms with Crippen LogP contribution in [0.1, 0.15) is 40.0 Å². The van der Waals surface area contributed by atoms with Crippen molar-refractivity contribution >= 4 is 17.1 Å². The number of rotatable bonds is 5. The van der Waals surface area contributed by atoms with Crippen LogP contribution in [-0.4, -0.2) is 53.4 Å². The van der Waals surface area contributed by atoms with Crippen molar-refractivity contribution in [2.45, 2.75) is 45.6 Å². The Morgan fingerprint density at radius 3 is 2.50 bits per heavy atom. The molecule has 7 heteroatoms. The van der Waals surface area contributed by atoms with E-state index in [9.17, 15) is 4.79 Å². The number of benzene rings is 1. The lowest BCUT2D eigenvalue weighted by atomic mass is 9.95. The van der Waals surface area contributed by atoms with Crippen molar-refractivity contribution in [3.8, 4) is 11.8 Å². The molecular weight excluding hydrogens is 358 g/mol. The van der Waals surface area contributed by atoms with Crippen LogP contribution in [-0.2, 0) is 4.74 Å². The molecule has 1 aliphatic heterocycles. The third-order valence-corrected chi connectivity index (χ3v) is 4.64. The number of fused-ring (bicyclic) bond motifs is 1. The molecule has 2 heterocycles. The highest BCUT2D eigenvalue weighted by atomic mass is 16.6. The Labute approximate surface area is 166 Å². The average molecular weight is 387 g/mol. The molecule has 0 N–H and O–H groups in total. The number of hydrogen-bond acceptors (Lipinski definition) is 6. The van der Waals surface area contributed by atoms with Gasteiger partial charge in [0.15, 0.2) is 0 Å². The van der Waals surface area contributed by atoms with E-state index in [0.717, 1.165) is 36.8 Å². The largest absolute Gasteiger partial charge is 0.477 e. The summed E-state index contributed by atoms with van der Waals surface area (Å²) in [6, 6.07) is 7.62. The zero-order chi connectivity index (χ0) is 20.1. The van der Waals surface area contributed by atoms with Crippen LogP contribution in [0.25, 0.3) is 11.0 Å². The summed E-state index contributed by atoms with van der Waals surface area (Å²) in [7, 11) is 1.56. The molecule has 1 atom stereocenters. The van der Waals surface area contributed by atoms with Crippen LogP contribution >= 0.6 is 0 Å². The fourth-order valence-corrected chi connectivity index (χ4v) is 3.31. The van der Waals surface area contributed by atoms with Gasteiger partial charge in [0.2, 0.25) is 0 Å². The minimum atomic E-state index is -0.474. The van der Waals surface area contributed by atoms with E-state index < -0.39 is 5.60 Å². The van der Waals surface area contributed by atoms with E-state index in [0.29, 0.717) is 30.8 Å². The van der Waals surface area contributed by atoms with Gasteiger partial charge in [-0.05, 0) is 58.1 Å². The van der Waals surface area contributed by atoms with Gasteiger partial charge >= 0.3 is 6.09 Å². The van der Waals surface area contributed by atoms with Crippen molar-refractivity contribution in [3.05, 3.63) is 24.3 Å². The molecule has 152 valence electrons. The smallest absolute Gasteiger partial charge is 0.410 e. The number of para-hydroxylation sites is 2. The first kappa shape index (κ1) is 20.2. The topological polar surface area (TPSA) is 73.8 Å². The molecule has 2 aromatic rings. The number of piperidine rings is 1. The van der Waals surface area contributed by atoms with E-state index in [1.807, 2.05) is 45.0 Å². The molecule has 1 saturated heterocycles. The van der Waals surface area contributed by atoms with E-state index in [-0.39, 0.29) is 6.09 Å². The molecule has 0 bridgehead atoms. The lowest BCUT2D eigenvalue weighted by Gasteiger charge is -2.34. The second kappa shape index (κ2) is 8.63. The number of methoxy groups -OCH3 is 1. The second-order valence-corrected chi connectivity index (χ2v) is 8.10. The van der Waals surface area contributed by atoms with Crippen molar-refractivity contribution in [3.63, 3.8) is 0 Å². The lowest BCUT2D eigenvalue weighted by molar-refractivity contribution is 0.0154. The van der Waals surface area contributed by atoms with Gasteiger partial charge in [-0.1, -0.05) is 12.1 Å². The summed E-state index contributed by atoms with van der Waals surface area (Å²) in [5.74, 6) is 1.17. The van der Waals surface area contributed by atoms with Gasteiger partial charge < -0.3 is 19.1 Å². The van der Waals surface area contributed by atoms with Crippen LogP contribution in [0.15, 0.2) is 24.3 Å². The minimum Gasteiger partial charge on any atom is -0.477 e. The molecular formula is C21H29N3O4. The number of amides is 1. The fraction of sp³-hybridized carbons (Fsp3) is 0.571. The van der Waals surface area contributed by atoms with Gasteiger partial charge in [0.25, 0.3) is 11.8 Å². The summed E-state index contributed by atoms with van der Waals surface area (Å²) in [6.07, 6.45) is 2.64. The van der Waals surface area contributed by atoms with Gasteiger partial charge in [-0.3, -0.25) is 0 Å². The predicted molar refractivity (Wildman–Crippen MR) is 107 cm³/mol. The van der Waals surface area contributed by atoms with E-state index in [2.05, 4.69) is 9.97 Å². The number of carbonyl (C=O) groups is 1. The monoisotopic (exact) mass is 387 g/mol. The van der Waals surface area contributed by atoms with Gasteiger partial charge in [0.1, 0.15) is 5.60 Å². The Bertz CT molecular complexity index is 819. The molecule has 1 aliphatic rings. The standard InChI is InChI=1S/C21H29N3O4/c1-21(2,3)28-20(25)24-12-7-8-15(14-24)11-13-27-19-18(26-4)22-16-9-5-6-10-17(16)23-19/h5-6,9-10,15H,7-8,11-14H2,1-4H3. The SMILES string of the molecule is COc1nc2ccccc2nc1OCCC1CCCN(C(=O)OC(C)(C)C)C1. The Morgan fingerprint density at radius 1 is 1.18 bits per heavy atom. The highest BCUT2D eigenvalue weighted by Gasteiger charge is 2.27. The molecule has 1 aromatic heterocycles. The number of likely N-dealkylation sites (tertiary alicyclic amines) is 1. The van der Waals surface area contributed by atoms with E-state index in [1.165, 1.54) is 0 Å². The first-order valence-electron chi connectivity index (χ1n) is 9.77. The fourth-order valence-electron chi connectivity index (χ4n) is 3.31. The van der Waals surface area contributed by atoms with Crippen LogP contribution in [0.5, 0.6) is 11.8 Å². The van der Waals surface area contributed by atoms with Crippen molar-refractivity contribution < 1.29 is 19.0 Å². The first-order valence-corrected chi connectivity index (χ1v) is 9.77. The van der Waals surface area contributed by atoms with E-state index in [4.69, 9.17) is 14.2 Å². The Morgan fingerprint density at radius 2 is 1.86 bits per heavy atom. The van der Waals surface area contributed by atoms with Crippen LogP contribution in [0.2, 0.25) is 0 Å². The quantitative estimate of drug-likeness (QED) is 0.770. The summed E-state index contributed by atoms with van der Waals surface area (Å²) >= 11 is 0. The molecule has 0 aliphatic carbocycles. The van der Waals surface area contributed by atoms with Gasteiger partial charge in [-0.25, -0.2) is 14.8 Å². The second-order valence-electron chi connectivity index (χ2n) is 8.10. The molecule has 0 spiro atoms. The van der Waals surface area contributed by atoms with Crippen LogP contribution in [0.4, 0.5) is 4.79 Å². The number of hydrogen-bond donors (Lipinski definition) is 0. The summed E-state index contributed by atoms with van der Waals surface area (Å²) in [5.41, 5.74) is 1.07. The predicted octanol–water partition coefficient (Wildman–Crippen LogP) is 4.05. The Hall–Kier alpha value is -2.57. The molecule has 1 aromatic carbocycles. The van der Waals surface area contributed by atoms with Gasteiger partial charge in [0.05, 0.1) is 24.8 Å². The maximum atomic E-state index is 12.3. The number of ether oxygens (including phenoxy) is 3. The normalized spacial score (nSPS) is 17.4. The summed E-state index contributed by atoms with van der Waals surface area (Å²) in [4.78, 5) is 23.1. The number of aromatic nitrogens is 2. The van der Waals surface area contributed by atoms with Crippen molar-refractivity contribution in [1.82, 2.24) is 14.9 Å².